The summed E-state index contributed by atoms with van der Waals surface area (Å²) in [6.45, 7) is 6.74. The van der Waals surface area contributed by atoms with Gasteiger partial charge in [-0.15, -0.1) is 0 Å². The minimum absolute atomic E-state index is 0.0481. The number of nitrogens with zero attached hydrogens (tertiary/aromatic N) is 1. The van der Waals surface area contributed by atoms with Crippen molar-refractivity contribution >= 4 is 12.1 Å². The molecule has 0 aliphatic rings. The highest BCUT2D eigenvalue weighted by Gasteiger charge is 1.91. The van der Waals surface area contributed by atoms with Gasteiger partial charge in [-0.2, -0.15) is 0 Å². The summed E-state index contributed by atoms with van der Waals surface area (Å²) in [6.07, 6.45) is 11.1. The molecule has 82 valence electrons. The first-order valence-electron chi connectivity index (χ1n) is 4.99. The van der Waals surface area contributed by atoms with E-state index in [0.29, 0.717) is 6.54 Å². The molecule has 0 spiro atoms. The number of carbonyl (C=O) groups excluding carboxylic acids is 1. The number of hydrogen-bond donors (Lipinski definition) is 1. The minimum atomic E-state index is -0.0481. The van der Waals surface area contributed by atoms with Crippen molar-refractivity contribution in [3.63, 3.8) is 0 Å². The summed E-state index contributed by atoms with van der Waals surface area (Å²) < 4.78 is 0. The van der Waals surface area contributed by atoms with Crippen LogP contribution in [0.5, 0.6) is 0 Å². The Morgan fingerprint density at radius 3 is 2.93 bits per heavy atom. The second-order valence-corrected chi connectivity index (χ2v) is 2.82. The van der Waals surface area contributed by atoms with Crippen molar-refractivity contribution in [1.82, 2.24) is 5.32 Å². The molecule has 0 aromatic carbocycles. The number of allylic oxidation sites excluding steroid dienone is 4. The van der Waals surface area contributed by atoms with Crippen LogP contribution in [0.15, 0.2) is 42.0 Å². The third-order valence-corrected chi connectivity index (χ3v) is 1.52. The molecule has 0 aliphatic heterocycles. The second kappa shape index (κ2) is 10.4. The number of carbonyl (C=O) groups is 1. The van der Waals surface area contributed by atoms with Crippen molar-refractivity contribution in [2.24, 2.45) is 4.99 Å². The van der Waals surface area contributed by atoms with E-state index in [-0.39, 0.29) is 5.91 Å². The normalized spacial score (nSPS) is 11.5. The maximum absolute atomic E-state index is 11.0. The van der Waals surface area contributed by atoms with Gasteiger partial charge in [-0.1, -0.05) is 24.8 Å². The molecule has 0 fully saturated rings. The molecule has 0 heterocycles. The lowest BCUT2D eigenvalue weighted by molar-refractivity contribution is -0.116. The minimum Gasteiger partial charge on any atom is -0.352 e. The quantitative estimate of drug-likeness (QED) is 0.294. The molecule has 0 bridgehead atoms. The van der Waals surface area contributed by atoms with Gasteiger partial charge in [-0.3, -0.25) is 9.79 Å². The van der Waals surface area contributed by atoms with Gasteiger partial charge in [0.05, 0.1) is 0 Å². The molecule has 0 unspecified atom stereocenters. The van der Waals surface area contributed by atoms with Gasteiger partial charge in [0.15, 0.2) is 0 Å². The third kappa shape index (κ3) is 10.3. The van der Waals surface area contributed by atoms with E-state index in [9.17, 15) is 4.79 Å². The van der Waals surface area contributed by atoms with E-state index in [4.69, 9.17) is 0 Å². The van der Waals surface area contributed by atoms with Crippen molar-refractivity contribution in [2.45, 2.75) is 13.3 Å². The van der Waals surface area contributed by atoms with Crippen molar-refractivity contribution in [3.05, 3.63) is 37.0 Å². The molecule has 3 heteroatoms. The average Bonchev–Trinajstić information content (AvgIpc) is 2.22. The summed E-state index contributed by atoms with van der Waals surface area (Å²) in [7, 11) is 0. The highest BCUT2D eigenvalue weighted by Crippen LogP contribution is 1.80. The lowest BCUT2D eigenvalue weighted by Gasteiger charge is -1.98. The third-order valence-electron chi connectivity index (χ3n) is 1.52. The molecule has 1 N–H and O–H groups in total. The zero-order chi connectivity index (χ0) is 11.4. The fourth-order valence-corrected chi connectivity index (χ4v) is 0.856. The molecule has 0 rings (SSSR count). The van der Waals surface area contributed by atoms with Crippen LogP contribution in [0.4, 0.5) is 0 Å². The highest BCUT2D eigenvalue weighted by atomic mass is 16.1. The van der Waals surface area contributed by atoms with Gasteiger partial charge in [0.1, 0.15) is 0 Å². The molecule has 3 nitrogen and oxygen atoms in total. The van der Waals surface area contributed by atoms with Gasteiger partial charge in [-0.25, -0.2) is 0 Å². The molecule has 0 aromatic rings. The Kier molecular flexibility index (Phi) is 9.30. The number of nitrogens with one attached hydrogen (secondary N) is 1. The van der Waals surface area contributed by atoms with Gasteiger partial charge in [-0.05, 0) is 25.5 Å². The molecule has 0 atom stereocenters. The van der Waals surface area contributed by atoms with Crippen LogP contribution in [-0.4, -0.2) is 25.2 Å². The molecule has 15 heavy (non-hydrogen) atoms. The van der Waals surface area contributed by atoms with Crippen LogP contribution >= 0.6 is 0 Å². The van der Waals surface area contributed by atoms with Crippen molar-refractivity contribution < 1.29 is 4.79 Å². The first-order valence-corrected chi connectivity index (χ1v) is 4.99. The highest BCUT2D eigenvalue weighted by molar-refractivity contribution is 5.87. The zero-order valence-electron chi connectivity index (χ0n) is 9.15. The van der Waals surface area contributed by atoms with E-state index in [1.54, 1.807) is 18.4 Å². The van der Waals surface area contributed by atoms with E-state index < -0.39 is 0 Å². The molecule has 0 aromatic heterocycles. The summed E-state index contributed by atoms with van der Waals surface area (Å²) in [4.78, 5) is 15.1. The van der Waals surface area contributed by atoms with Gasteiger partial charge < -0.3 is 5.32 Å². The SMILES string of the molecule is C=C/C=C\C=NCCCNC(=O)/C=C\C. The predicted molar refractivity (Wildman–Crippen MR) is 65.1 cm³/mol. The van der Waals surface area contributed by atoms with Crippen LogP contribution in [0.1, 0.15) is 13.3 Å². The Balaban J connectivity index is 3.39. The number of amides is 1. The van der Waals surface area contributed by atoms with Crippen LogP contribution in [0.3, 0.4) is 0 Å². The number of rotatable bonds is 7. The average molecular weight is 206 g/mol. The molecule has 0 aliphatic carbocycles. The monoisotopic (exact) mass is 206 g/mol. The fraction of sp³-hybridized carbons (Fsp3) is 0.333. The van der Waals surface area contributed by atoms with Crippen LogP contribution < -0.4 is 5.32 Å². The van der Waals surface area contributed by atoms with Crippen LogP contribution in [0, 0.1) is 0 Å². The Morgan fingerprint density at radius 2 is 2.27 bits per heavy atom. The Hall–Kier alpha value is -1.64. The summed E-state index contributed by atoms with van der Waals surface area (Å²) >= 11 is 0. The Bertz CT molecular complexity index is 265. The van der Waals surface area contributed by atoms with E-state index in [0.717, 1.165) is 13.0 Å². The van der Waals surface area contributed by atoms with Gasteiger partial charge >= 0.3 is 0 Å². The summed E-state index contributed by atoms with van der Waals surface area (Å²) in [6, 6.07) is 0. The molecule has 0 saturated heterocycles. The van der Waals surface area contributed by atoms with E-state index in [1.165, 1.54) is 6.08 Å². The largest absolute Gasteiger partial charge is 0.352 e. The van der Waals surface area contributed by atoms with E-state index >= 15 is 0 Å². The van der Waals surface area contributed by atoms with Crippen molar-refractivity contribution in [2.75, 3.05) is 13.1 Å². The summed E-state index contributed by atoms with van der Waals surface area (Å²) in [5.74, 6) is -0.0481. The van der Waals surface area contributed by atoms with Crippen molar-refractivity contribution in [3.8, 4) is 0 Å². The predicted octanol–water partition coefficient (Wildman–Crippen LogP) is 1.88. The summed E-state index contributed by atoms with van der Waals surface area (Å²) in [5.41, 5.74) is 0. The molecule has 0 saturated carbocycles. The van der Waals surface area contributed by atoms with Crippen molar-refractivity contribution in [1.29, 1.82) is 0 Å². The zero-order valence-corrected chi connectivity index (χ0v) is 9.15. The smallest absolute Gasteiger partial charge is 0.243 e. The first-order chi connectivity index (χ1) is 7.31. The maximum atomic E-state index is 11.0. The number of aliphatic imine (C=N–C) groups is 1. The lowest BCUT2D eigenvalue weighted by Crippen LogP contribution is -2.22. The van der Waals surface area contributed by atoms with Gasteiger partial charge in [0.2, 0.25) is 5.91 Å². The van der Waals surface area contributed by atoms with E-state index in [1.807, 2.05) is 19.1 Å². The molecular formula is C12H18N2O. The Labute approximate surface area is 91.3 Å². The van der Waals surface area contributed by atoms with Gasteiger partial charge in [0, 0.05) is 19.3 Å². The van der Waals surface area contributed by atoms with Crippen LogP contribution in [-0.2, 0) is 4.79 Å². The summed E-state index contributed by atoms with van der Waals surface area (Å²) in [5, 5.41) is 2.75. The van der Waals surface area contributed by atoms with Crippen LogP contribution in [0.25, 0.3) is 0 Å². The Morgan fingerprint density at radius 1 is 1.47 bits per heavy atom. The molecule has 0 radical (unpaired) electrons. The second-order valence-electron chi connectivity index (χ2n) is 2.82. The van der Waals surface area contributed by atoms with Crippen LogP contribution in [0.2, 0.25) is 0 Å². The van der Waals surface area contributed by atoms with E-state index in [2.05, 4.69) is 16.9 Å². The number of hydrogen-bond acceptors (Lipinski definition) is 2. The maximum Gasteiger partial charge on any atom is 0.243 e. The van der Waals surface area contributed by atoms with Gasteiger partial charge in [0.25, 0.3) is 0 Å². The standard InChI is InChI=1S/C12H18N2O/c1-3-5-6-9-13-10-7-11-14-12(15)8-4-2/h3-6,8-9H,1,7,10-11H2,2H3,(H,14,15)/b6-5-,8-4-,13-9?. The fourth-order valence-electron chi connectivity index (χ4n) is 0.856. The molecular weight excluding hydrogens is 188 g/mol. The lowest BCUT2D eigenvalue weighted by atomic mass is 10.4. The topological polar surface area (TPSA) is 41.5 Å². The molecule has 1 amide bonds. The first kappa shape index (κ1) is 13.4.